The number of piperidine rings is 1. The molecule has 0 aromatic heterocycles. The van der Waals surface area contributed by atoms with E-state index in [1.807, 2.05) is 18.2 Å². The Balaban J connectivity index is 0.00000341. The van der Waals surface area contributed by atoms with Crippen molar-refractivity contribution in [1.29, 1.82) is 0 Å². The zero-order chi connectivity index (χ0) is 21.2. The third-order valence-electron chi connectivity index (χ3n) is 5.00. The van der Waals surface area contributed by atoms with Gasteiger partial charge in [0.15, 0.2) is 12.6 Å². The Morgan fingerprint density at radius 3 is 2.58 bits per heavy atom. The molecule has 4 N–H and O–H groups in total. The van der Waals surface area contributed by atoms with Crippen LogP contribution in [0.3, 0.4) is 0 Å². The van der Waals surface area contributed by atoms with Crippen molar-refractivity contribution >= 4 is 41.5 Å². The van der Waals surface area contributed by atoms with Gasteiger partial charge in [-0.15, -0.1) is 24.0 Å². The molecule has 1 amide bonds. The van der Waals surface area contributed by atoms with Gasteiger partial charge in [0.25, 0.3) is 5.91 Å². The number of amides is 1. The molecule has 7 nitrogen and oxygen atoms in total. The fourth-order valence-electron chi connectivity index (χ4n) is 3.49. The number of para-hydroxylation sites is 1. The van der Waals surface area contributed by atoms with Crippen molar-refractivity contribution in [1.82, 2.24) is 10.6 Å². The Bertz CT molecular complexity index is 839. The molecule has 31 heavy (non-hydrogen) atoms. The van der Waals surface area contributed by atoms with E-state index in [4.69, 9.17) is 15.5 Å². The van der Waals surface area contributed by atoms with E-state index in [1.165, 1.54) is 5.69 Å². The maximum absolute atomic E-state index is 10.9. The first-order valence-electron chi connectivity index (χ1n) is 10.5. The number of guanidine groups is 1. The number of primary amides is 1. The SMILES string of the molecule is CCNC(=NCc1cccc(OCC(N)=O)c1)NC1CCN(c2ccccc2)CC1.I. The molecule has 2 aromatic carbocycles. The molecule has 0 unspecified atom stereocenters. The summed E-state index contributed by atoms with van der Waals surface area (Å²) < 4.78 is 5.37. The normalized spacial score (nSPS) is 14.5. The van der Waals surface area contributed by atoms with Crippen molar-refractivity contribution in [2.75, 3.05) is 31.1 Å². The van der Waals surface area contributed by atoms with Crippen LogP contribution in [0.15, 0.2) is 59.6 Å². The third-order valence-corrected chi connectivity index (χ3v) is 5.00. The zero-order valence-electron chi connectivity index (χ0n) is 17.9. The van der Waals surface area contributed by atoms with E-state index in [1.54, 1.807) is 6.07 Å². The maximum atomic E-state index is 10.9. The van der Waals surface area contributed by atoms with Crippen LogP contribution in [0.1, 0.15) is 25.3 Å². The molecule has 1 aliphatic rings. The molecule has 168 valence electrons. The van der Waals surface area contributed by atoms with Crippen molar-refractivity contribution in [3.05, 3.63) is 60.2 Å². The number of nitrogens with zero attached hydrogens (tertiary/aromatic N) is 2. The van der Waals surface area contributed by atoms with Crippen LogP contribution in [-0.2, 0) is 11.3 Å². The van der Waals surface area contributed by atoms with Crippen molar-refractivity contribution in [3.8, 4) is 5.75 Å². The summed E-state index contributed by atoms with van der Waals surface area (Å²) in [6.45, 7) is 5.31. The minimum absolute atomic E-state index is 0. The predicted molar refractivity (Wildman–Crippen MR) is 136 cm³/mol. The van der Waals surface area contributed by atoms with Gasteiger partial charge in [-0.25, -0.2) is 4.99 Å². The molecule has 0 atom stereocenters. The van der Waals surface area contributed by atoms with Gasteiger partial charge in [-0.2, -0.15) is 0 Å². The monoisotopic (exact) mass is 537 g/mol. The van der Waals surface area contributed by atoms with Gasteiger partial charge in [0.2, 0.25) is 0 Å². The second-order valence-corrected chi connectivity index (χ2v) is 7.34. The van der Waals surface area contributed by atoms with Gasteiger partial charge in [0.05, 0.1) is 6.54 Å². The molecule has 1 aliphatic heterocycles. The van der Waals surface area contributed by atoms with Crippen LogP contribution in [-0.4, -0.2) is 44.1 Å². The first-order valence-corrected chi connectivity index (χ1v) is 10.5. The van der Waals surface area contributed by atoms with Crippen LogP contribution in [0.25, 0.3) is 0 Å². The lowest BCUT2D eigenvalue weighted by molar-refractivity contribution is -0.119. The Morgan fingerprint density at radius 2 is 1.90 bits per heavy atom. The highest BCUT2D eigenvalue weighted by Gasteiger charge is 2.20. The topological polar surface area (TPSA) is 92.0 Å². The standard InChI is InChI=1S/C23H31N5O2.HI/c1-2-25-23(26-16-18-7-6-10-21(15-18)30-17-22(24)29)27-19-11-13-28(14-12-19)20-8-4-3-5-9-20;/h3-10,15,19H,2,11-14,16-17H2,1H3,(H2,24,29)(H2,25,26,27);1H. The van der Waals surface area contributed by atoms with Crippen molar-refractivity contribution in [3.63, 3.8) is 0 Å². The molecule has 3 rings (SSSR count). The van der Waals surface area contributed by atoms with Crippen LogP contribution >= 0.6 is 24.0 Å². The highest BCUT2D eigenvalue weighted by atomic mass is 127. The highest BCUT2D eigenvalue weighted by molar-refractivity contribution is 14.0. The second kappa shape index (κ2) is 13.0. The number of halogens is 1. The minimum Gasteiger partial charge on any atom is -0.484 e. The van der Waals surface area contributed by atoms with E-state index in [0.29, 0.717) is 18.3 Å². The summed E-state index contributed by atoms with van der Waals surface area (Å²) >= 11 is 0. The lowest BCUT2D eigenvalue weighted by Crippen LogP contribution is -2.48. The number of carbonyl (C=O) groups is 1. The van der Waals surface area contributed by atoms with Gasteiger partial charge in [-0.1, -0.05) is 30.3 Å². The third kappa shape index (κ3) is 8.28. The summed E-state index contributed by atoms with van der Waals surface area (Å²) in [5.41, 5.74) is 7.43. The summed E-state index contributed by atoms with van der Waals surface area (Å²) in [7, 11) is 0. The number of hydrogen-bond donors (Lipinski definition) is 3. The number of ether oxygens (including phenoxy) is 1. The Kier molecular flexibility index (Phi) is 10.4. The number of hydrogen-bond acceptors (Lipinski definition) is 4. The number of benzene rings is 2. The second-order valence-electron chi connectivity index (χ2n) is 7.34. The Morgan fingerprint density at radius 1 is 1.16 bits per heavy atom. The first kappa shape index (κ1) is 24.8. The largest absolute Gasteiger partial charge is 0.484 e. The summed E-state index contributed by atoms with van der Waals surface area (Å²) in [6.07, 6.45) is 2.13. The van der Waals surface area contributed by atoms with Gasteiger partial charge >= 0.3 is 0 Å². The van der Waals surface area contributed by atoms with Crippen LogP contribution in [0.4, 0.5) is 5.69 Å². The van der Waals surface area contributed by atoms with Crippen molar-refractivity contribution < 1.29 is 9.53 Å². The van der Waals surface area contributed by atoms with E-state index >= 15 is 0 Å². The van der Waals surface area contributed by atoms with Crippen molar-refractivity contribution in [2.45, 2.75) is 32.4 Å². The number of rotatable bonds is 8. The van der Waals surface area contributed by atoms with Crippen LogP contribution in [0, 0.1) is 0 Å². The first-order chi connectivity index (χ1) is 14.6. The summed E-state index contributed by atoms with van der Waals surface area (Å²) in [6, 6.07) is 18.5. The summed E-state index contributed by atoms with van der Waals surface area (Å²) in [5.74, 6) is 0.947. The molecule has 0 aliphatic carbocycles. The molecule has 0 radical (unpaired) electrons. The van der Waals surface area contributed by atoms with E-state index in [2.05, 4.69) is 52.8 Å². The van der Waals surface area contributed by atoms with E-state index in [-0.39, 0.29) is 30.6 Å². The quantitative estimate of drug-likeness (QED) is 0.274. The van der Waals surface area contributed by atoms with Crippen LogP contribution in [0.2, 0.25) is 0 Å². The smallest absolute Gasteiger partial charge is 0.255 e. The molecule has 1 fully saturated rings. The van der Waals surface area contributed by atoms with Crippen molar-refractivity contribution in [2.24, 2.45) is 10.7 Å². The van der Waals surface area contributed by atoms with E-state index in [9.17, 15) is 4.79 Å². The number of nitrogens with two attached hydrogens (primary N) is 1. The van der Waals surface area contributed by atoms with Crippen LogP contribution in [0.5, 0.6) is 5.75 Å². The van der Waals surface area contributed by atoms with Gasteiger partial charge < -0.3 is 26.0 Å². The predicted octanol–water partition coefficient (Wildman–Crippen LogP) is 2.89. The minimum atomic E-state index is -0.490. The highest BCUT2D eigenvalue weighted by Crippen LogP contribution is 2.19. The van der Waals surface area contributed by atoms with Gasteiger partial charge in [0, 0.05) is 31.4 Å². The Labute approximate surface area is 201 Å². The molecule has 2 aromatic rings. The van der Waals surface area contributed by atoms with Crippen LogP contribution < -0.4 is 26.0 Å². The number of aliphatic imine (C=N–C) groups is 1. The molecular formula is C23H32IN5O2. The molecule has 1 saturated heterocycles. The number of nitrogens with one attached hydrogen (secondary N) is 2. The maximum Gasteiger partial charge on any atom is 0.255 e. The molecular weight excluding hydrogens is 505 g/mol. The molecule has 0 bridgehead atoms. The fraction of sp³-hybridized carbons (Fsp3) is 0.391. The van der Waals surface area contributed by atoms with Gasteiger partial charge in [-0.3, -0.25) is 4.79 Å². The lowest BCUT2D eigenvalue weighted by Gasteiger charge is -2.34. The summed E-state index contributed by atoms with van der Waals surface area (Å²) in [5, 5.41) is 6.90. The molecule has 1 heterocycles. The number of carbonyl (C=O) groups excluding carboxylic acids is 1. The lowest BCUT2D eigenvalue weighted by atomic mass is 10.0. The number of anilines is 1. The fourth-order valence-corrected chi connectivity index (χ4v) is 3.49. The van der Waals surface area contributed by atoms with E-state index in [0.717, 1.165) is 44.0 Å². The Hall–Kier alpha value is -2.49. The molecule has 0 saturated carbocycles. The van der Waals surface area contributed by atoms with Gasteiger partial charge in [0.1, 0.15) is 5.75 Å². The average Bonchev–Trinajstić information content (AvgIpc) is 2.78. The summed E-state index contributed by atoms with van der Waals surface area (Å²) in [4.78, 5) is 18.0. The zero-order valence-corrected chi connectivity index (χ0v) is 20.3. The van der Waals surface area contributed by atoms with E-state index < -0.39 is 5.91 Å². The average molecular weight is 537 g/mol. The van der Waals surface area contributed by atoms with Gasteiger partial charge in [-0.05, 0) is 49.6 Å². The molecule has 8 heteroatoms. The molecule has 0 spiro atoms.